The van der Waals surface area contributed by atoms with Gasteiger partial charge in [-0.15, -0.1) is 0 Å². The van der Waals surface area contributed by atoms with Crippen molar-refractivity contribution in [1.82, 2.24) is 15.0 Å². The van der Waals surface area contributed by atoms with E-state index >= 15 is 0 Å². The monoisotopic (exact) mass is 228 g/mol. The van der Waals surface area contributed by atoms with E-state index in [4.69, 9.17) is 11.0 Å². The fourth-order valence-corrected chi connectivity index (χ4v) is 1.42. The number of nitrogens with two attached hydrogens (primary N) is 1. The van der Waals surface area contributed by atoms with Gasteiger partial charge < -0.3 is 16.0 Å². The van der Waals surface area contributed by atoms with Crippen LogP contribution in [0.15, 0.2) is 24.7 Å². The van der Waals surface area contributed by atoms with Crippen molar-refractivity contribution in [2.24, 2.45) is 0 Å². The Morgan fingerprint density at radius 1 is 1.47 bits per heavy atom. The van der Waals surface area contributed by atoms with Crippen molar-refractivity contribution in [3.05, 3.63) is 36.0 Å². The highest BCUT2D eigenvalue weighted by atomic mass is 15.0. The molecule has 0 spiro atoms. The number of H-pyrrole nitrogens is 1. The topological polar surface area (TPSA) is 103 Å². The molecule has 0 radical (unpaired) electrons. The number of anilines is 2. The van der Waals surface area contributed by atoms with Gasteiger partial charge in [0.05, 0.1) is 11.3 Å². The third kappa shape index (κ3) is 2.72. The van der Waals surface area contributed by atoms with Crippen LogP contribution in [0.1, 0.15) is 11.4 Å². The van der Waals surface area contributed by atoms with Gasteiger partial charge in [-0.05, 0) is 6.07 Å². The average molecular weight is 228 g/mol. The molecule has 6 heteroatoms. The maximum atomic E-state index is 8.68. The quantitative estimate of drug-likeness (QED) is 0.721. The van der Waals surface area contributed by atoms with Crippen LogP contribution in [0.4, 0.5) is 11.5 Å². The second kappa shape index (κ2) is 4.99. The predicted octanol–water partition coefficient (Wildman–Crippen LogP) is 0.913. The van der Waals surface area contributed by atoms with Gasteiger partial charge in [-0.2, -0.15) is 5.26 Å². The van der Waals surface area contributed by atoms with Crippen molar-refractivity contribution >= 4 is 11.5 Å². The molecule has 0 saturated carbocycles. The smallest absolute Gasteiger partial charge is 0.149 e. The van der Waals surface area contributed by atoms with Crippen molar-refractivity contribution in [3.8, 4) is 6.07 Å². The fraction of sp³-hybridized carbons (Fsp3) is 0.182. The molecule has 2 heterocycles. The lowest BCUT2D eigenvalue weighted by molar-refractivity contribution is 0.922. The number of imidazole rings is 1. The SMILES string of the molecule is N#Cc1cnc(NCCc2ncc[nH]2)c(N)c1. The molecule has 0 bridgehead atoms. The highest BCUT2D eigenvalue weighted by molar-refractivity contribution is 5.62. The van der Waals surface area contributed by atoms with Crippen molar-refractivity contribution < 1.29 is 0 Å². The zero-order valence-electron chi connectivity index (χ0n) is 9.14. The van der Waals surface area contributed by atoms with Crippen LogP contribution in [0.5, 0.6) is 0 Å². The number of nitriles is 1. The van der Waals surface area contributed by atoms with E-state index in [1.54, 1.807) is 18.5 Å². The Kier molecular flexibility index (Phi) is 3.21. The van der Waals surface area contributed by atoms with Gasteiger partial charge in [0.1, 0.15) is 17.7 Å². The maximum Gasteiger partial charge on any atom is 0.149 e. The van der Waals surface area contributed by atoms with E-state index in [1.807, 2.05) is 6.07 Å². The molecule has 0 amide bonds. The van der Waals surface area contributed by atoms with Crippen molar-refractivity contribution in [3.63, 3.8) is 0 Å². The number of hydrogen-bond donors (Lipinski definition) is 3. The Hall–Kier alpha value is -2.55. The summed E-state index contributed by atoms with van der Waals surface area (Å²) in [7, 11) is 0. The van der Waals surface area contributed by atoms with E-state index in [1.165, 1.54) is 6.20 Å². The third-order valence-electron chi connectivity index (χ3n) is 2.26. The minimum atomic E-state index is 0.457. The van der Waals surface area contributed by atoms with E-state index in [-0.39, 0.29) is 0 Å². The molecule has 0 saturated heterocycles. The minimum absolute atomic E-state index is 0.457. The van der Waals surface area contributed by atoms with E-state index in [9.17, 15) is 0 Å². The van der Waals surface area contributed by atoms with E-state index in [2.05, 4.69) is 20.3 Å². The molecule has 0 aliphatic heterocycles. The molecular weight excluding hydrogens is 216 g/mol. The first-order chi connectivity index (χ1) is 8.29. The minimum Gasteiger partial charge on any atom is -0.396 e. The lowest BCUT2D eigenvalue weighted by atomic mass is 10.3. The zero-order chi connectivity index (χ0) is 12.1. The van der Waals surface area contributed by atoms with Gasteiger partial charge in [-0.1, -0.05) is 0 Å². The van der Waals surface area contributed by atoms with Crippen molar-refractivity contribution in [2.45, 2.75) is 6.42 Å². The second-order valence-corrected chi connectivity index (χ2v) is 3.49. The van der Waals surface area contributed by atoms with Gasteiger partial charge in [0.25, 0.3) is 0 Å². The zero-order valence-corrected chi connectivity index (χ0v) is 9.14. The Labute approximate surface area is 98.5 Å². The summed E-state index contributed by atoms with van der Waals surface area (Å²) in [6, 6.07) is 3.59. The summed E-state index contributed by atoms with van der Waals surface area (Å²) in [6.07, 6.45) is 5.74. The lowest BCUT2D eigenvalue weighted by Gasteiger charge is -2.07. The molecule has 0 fully saturated rings. The summed E-state index contributed by atoms with van der Waals surface area (Å²) >= 11 is 0. The molecule has 0 atom stereocenters. The first-order valence-electron chi connectivity index (χ1n) is 5.17. The first kappa shape index (κ1) is 11.0. The van der Waals surface area contributed by atoms with Crippen LogP contribution in [0.25, 0.3) is 0 Å². The van der Waals surface area contributed by atoms with Crippen LogP contribution < -0.4 is 11.1 Å². The third-order valence-corrected chi connectivity index (χ3v) is 2.26. The average Bonchev–Trinajstić information content (AvgIpc) is 2.84. The molecule has 0 unspecified atom stereocenters. The summed E-state index contributed by atoms with van der Waals surface area (Å²) < 4.78 is 0. The highest BCUT2D eigenvalue weighted by Crippen LogP contribution is 2.15. The summed E-state index contributed by atoms with van der Waals surface area (Å²) in [5.41, 5.74) is 6.69. The van der Waals surface area contributed by atoms with Crippen LogP contribution in [0.3, 0.4) is 0 Å². The predicted molar refractivity (Wildman–Crippen MR) is 64.1 cm³/mol. The van der Waals surface area contributed by atoms with Crippen molar-refractivity contribution in [2.75, 3.05) is 17.6 Å². The van der Waals surface area contributed by atoms with E-state index < -0.39 is 0 Å². The van der Waals surface area contributed by atoms with Crippen molar-refractivity contribution in [1.29, 1.82) is 5.26 Å². The van der Waals surface area contributed by atoms with Gasteiger partial charge in [0, 0.05) is 31.6 Å². The summed E-state index contributed by atoms with van der Waals surface area (Å²) in [4.78, 5) is 11.2. The number of hydrogen-bond acceptors (Lipinski definition) is 5. The van der Waals surface area contributed by atoms with Crippen LogP contribution in [-0.4, -0.2) is 21.5 Å². The number of nitrogen functional groups attached to an aromatic ring is 1. The number of aromatic nitrogens is 3. The summed E-state index contributed by atoms with van der Waals surface area (Å²) in [5.74, 6) is 1.50. The molecule has 4 N–H and O–H groups in total. The Balaban J connectivity index is 1.93. The van der Waals surface area contributed by atoms with Gasteiger partial charge in [0.2, 0.25) is 0 Å². The number of nitrogens with zero attached hydrogens (tertiary/aromatic N) is 3. The Bertz CT molecular complexity index is 525. The molecule has 6 nitrogen and oxygen atoms in total. The van der Waals surface area contributed by atoms with Crippen LogP contribution in [-0.2, 0) is 6.42 Å². The first-order valence-corrected chi connectivity index (χ1v) is 5.17. The van der Waals surface area contributed by atoms with Gasteiger partial charge >= 0.3 is 0 Å². The summed E-state index contributed by atoms with van der Waals surface area (Å²) in [6.45, 7) is 0.677. The highest BCUT2D eigenvalue weighted by Gasteiger charge is 2.02. The number of aromatic amines is 1. The molecule has 0 aromatic carbocycles. The van der Waals surface area contributed by atoms with Gasteiger partial charge in [0.15, 0.2) is 0 Å². The van der Waals surface area contributed by atoms with E-state index in [0.29, 0.717) is 23.6 Å². The normalized spacial score (nSPS) is 9.82. The number of nitrogens with one attached hydrogen (secondary N) is 2. The Morgan fingerprint density at radius 2 is 2.35 bits per heavy atom. The van der Waals surface area contributed by atoms with Gasteiger partial charge in [-0.25, -0.2) is 9.97 Å². The Morgan fingerprint density at radius 3 is 3.00 bits per heavy atom. The standard InChI is InChI=1S/C11H12N6/c12-6-8-5-9(13)11(17-7-8)16-2-1-10-14-3-4-15-10/h3-5,7H,1-2,13H2,(H,14,15)(H,16,17). The summed E-state index contributed by atoms with van der Waals surface area (Å²) in [5, 5.41) is 11.8. The lowest BCUT2D eigenvalue weighted by Crippen LogP contribution is -2.09. The number of pyridine rings is 1. The van der Waals surface area contributed by atoms with Crippen LogP contribution in [0.2, 0.25) is 0 Å². The fourth-order valence-electron chi connectivity index (χ4n) is 1.42. The maximum absolute atomic E-state index is 8.68. The molecule has 17 heavy (non-hydrogen) atoms. The molecule has 0 aliphatic carbocycles. The molecule has 0 aliphatic rings. The van der Waals surface area contributed by atoms with Gasteiger partial charge in [-0.3, -0.25) is 0 Å². The molecule has 2 rings (SSSR count). The largest absolute Gasteiger partial charge is 0.396 e. The molecule has 2 aromatic rings. The number of rotatable bonds is 4. The molecule has 86 valence electrons. The van der Waals surface area contributed by atoms with Crippen LogP contribution in [0, 0.1) is 11.3 Å². The molecular formula is C11H12N6. The van der Waals surface area contributed by atoms with E-state index in [0.717, 1.165) is 12.2 Å². The second-order valence-electron chi connectivity index (χ2n) is 3.49. The van der Waals surface area contributed by atoms with Crippen LogP contribution >= 0.6 is 0 Å². The molecule has 2 aromatic heterocycles.